The van der Waals surface area contributed by atoms with Gasteiger partial charge in [0.05, 0.1) is 6.20 Å². The fourth-order valence-electron chi connectivity index (χ4n) is 2.76. The lowest BCUT2D eigenvalue weighted by Gasteiger charge is -2.28. The molecule has 8 heteroatoms. The first kappa shape index (κ1) is 17.5. The van der Waals surface area contributed by atoms with E-state index in [1.807, 2.05) is 13.8 Å². The number of carbonyl (C=O) groups is 1. The van der Waals surface area contributed by atoms with Gasteiger partial charge in [-0.1, -0.05) is 19.0 Å². The van der Waals surface area contributed by atoms with Crippen LogP contribution >= 0.6 is 0 Å². The number of halogens is 1. The number of aromatic nitrogens is 3. The molecule has 0 saturated carbocycles. The van der Waals surface area contributed by atoms with Crippen molar-refractivity contribution < 1.29 is 18.4 Å². The molecule has 1 aliphatic heterocycles. The third-order valence-electron chi connectivity index (χ3n) is 4.22. The minimum atomic E-state index is -0.490. The molecule has 134 valence electrons. The summed E-state index contributed by atoms with van der Waals surface area (Å²) in [5.41, 5.74) is 0.141. The van der Waals surface area contributed by atoms with Crippen molar-refractivity contribution in [2.24, 2.45) is 5.92 Å². The van der Waals surface area contributed by atoms with Crippen LogP contribution in [-0.4, -0.2) is 34.2 Å². The summed E-state index contributed by atoms with van der Waals surface area (Å²) in [5, 5.41) is 6.90. The normalized spacial score (nSPS) is 16.8. The molecule has 1 amide bonds. The summed E-state index contributed by atoms with van der Waals surface area (Å²) in [7, 11) is 0. The molecule has 2 aromatic heterocycles. The van der Waals surface area contributed by atoms with E-state index in [-0.39, 0.29) is 17.5 Å². The number of hydrogen-bond acceptors (Lipinski definition) is 6. The Labute approximate surface area is 145 Å². The Balaban J connectivity index is 1.82. The largest absolute Gasteiger partial charge is 0.381 e. The van der Waals surface area contributed by atoms with Crippen LogP contribution in [0.1, 0.15) is 60.9 Å². The Morgan fingerprint density at radius 3 is 2.68 bits per heavy atom. The standard InChI is InChI=1S/C17H21FN4O3/c1-10(2)15-21-17(25-22-15)14(11-5-7-24-8-6-11)20-16(23)13-4-3-12(18)9-19-13/h3-4,9-11,14H,5-8H2,1-2H3,(H,20,23)/t14-/m0/s1. The van der Waals surface area contributed by atoms with Gasteiger partial charge in [0, 0.05) is 19.1 Å². The highest BCUT2D eigenvalue weighted by Gasteiger charge is 2.32. The highest BCUT2D eigenvalue weighted by molar-refractivity contribution is 5.92. The van der Waals surface area contributed by atoms with Gasteiger partial charge in [-0.25, -0.2) is 9.37 Å². The lowest BCUT2D eigenvalue weighted by molar-refractivity contribution is 0.0467. The van der Waals surface area contributed by atoms with Crippen molar-refractivity contribution in [3.05, 3.63) is 41.6 Å². The Morgan fingerprint density at radius 1 is 1.32 bits per heavy atom. The van der Waals surface area contributed by atoms with Crippen LogP contribution in [0, 0.1) is 11.7 Å². The molecule has 1 N–H and O–H groups in total. The van der Waals surface area contributed by atoms with Gasteiger partial charge in [0.1, 0.15) is 17.6 Å². The first-order valence-corrected chi connectivity index (χ1v) is 8.38. The van der Waals surface area contributed by atoms with Crippen molar-refractivity contribution in [2.75, 3.05) is 13.2 Å². The summed E-state index contributed by atoms with van der Waals surface area (Å²) < 4.78 is 23.8. The predicted molar refractivity (Wildman–Crippen MR) is 86.3 cm³/mol. The van der Waals surface area contributed by atoms with Gasteiger partial charge in [-0.05, 0) is 30.9 Å². The van der Waals surface area contributed by atoms with Crippen LogP contribution in [0.2, 0.25) is 0 Å². The van der Waals surface area contributed by atoms with E-state index in [0.29, 0.717) is 24.9 Å². The number of nitrogens with zero attached hydrogens (tertiary/aromatic N) is 3. The number of pyridine rings is 1. The molecule has 3 rings (SSSR count). The second-order valence-electron chi connectivity index (χ2n) is 6.41. The van der Waals surface area contributed by atoms with Crippen molar-refractivity contribution in [3.8, 4) is 0 Å². The van der Waals surface area contributed by atoms with Crippen LogP contribution in [0.5, 0.6) is 0 Å². The Hall–Kier alpha value is -2.35. The molecule has 3 heterocycles. The summed E-state index contributed by atoms with van der Waals surface area (Å²) in [6.45, 7) is 5.19. The topological polar surface area (TPSA) is 90.1 Å². The predicted octanol–water partition coefficient (Wildman–Crippen LogP) is 2.62. The minimum absolute atomic E-state index is 0.124. The number of nitrogens with one attached hydrogen (secondary N) is 1. The second kappa shape index (κ2) is 7.69. The van der Waals surface area contributed by atoms with Gasteiger partial charge < -0.3 is 14.6 Å². The molecule has 0 aliphatic carbocycles. The Morgan fingerprint density at radius 2 is 2.08 bits per heavy atom. The highest BCUT2D eigenvalue weighted by atomic mass is 19.1. The van der Waals surface area contributed by atoms with Crippen LogP contribution in [0.15, 0.2) is 22.9 Å². The highest BCUT2D eigenvalue weighted by Crippen LogP contribution is 2.30. The van der Waals surface area contributed by atoms with Gasteiger partial charge in [-0.3, -0.25) is 4.79 Å². The van der Waals surface area contributed by atoms with Crippen LogP contribution < -0.4 is 5.32 Å². The zero-order chi connectivity index (χ0) is 17.8. The molecular formula is C17H21FN4O3. The molecule has 0 aromatic carbocycles. The van der Waals surface area contributed by atoms with Crippen LogP contribution in [0.4, 0.5) is 4.39 Å². The Kier molecular flexibility index (Phi) is 5.37. The lowest BCUT2D eigenvalue weighted by Crippen LogP contribution is -2.36. The fourth-order valence-corrected chi connectivity index (χ4v) is 2.76. The number of rotatable bonds is 5. The van der Waals surface area contributed by atoms with Gasteiger partial charge in [0.2, 0.25) is 5.89 Å². The van der Waals surface area contributed by atoms with Gasteiger partial charge >= 0.3 is 0 Å². The molecule has 7 nitrogen and oxygen atoms in total. The summed E-state index contributed by atoms with van der Waals surface area (Å²) >= 11 is 0. The van der Waals surface area contributed by atoms with Gasteiger partial charge in [-0.2, -0.15) is 4.98 Å². The molecule has 1 saturated heterocycles. The van der Waals surface area contributed by atoms with E-state index in [0.717, 1.165) is 19.0 Å². The van der Waals surface area contributed by atoms with Gasteiger partial charge in [0.15, 0.2) is 5.82 Å². The fraction of sp³-hybridized carbons (Fsp3) is 0.529. The van der Waals surface area contributed by atoms with E-state index >= 15 is 0 Å². The molecule has 1 aliphatic rings. The maximum absolute atomic E-state index is 13.0. The second-order valence-corrected chi connectivity index (χ2v) is 6.41. The van der Waals surface area contributed by atoms with Crippen molar-refractivity contribution in [3.63, 3.8) is 0 Å². The quantitative estimate of drug-likeness (QED) is 0.893. The van der Waals surface area contributed by atoms with Crippen molar-refractivity contribution in [1.29, 1.82) is 0 Å². The molecule has 0 radical (unpaired) electrons. The molecule has 2 aromatic rings. The van der Waals surface area contributed by atoms with Crippen molar-refractivity contribution >= 4 is 5.91 Å². The molecular weight excluding hydrogens is 327 g/mol. The molecule has 0 bridgehead atoms. The van der Waals surface area contributed by atoms with Gasteiger partial charge in [-0.15, -0.1) is 0 Å². The third kappa shape index (κ3) is 4.19. The summed E-state index contributed by atoms with van der Waals surface area (Å²) in [5.74, 6) is 0.338. The van der Waals surface area contributed by atoms with Crippen molar-refractivity contribution in [2.45, 2.75) is 38.6 Å². The minimum Gasteiger partial charge on any atom is -0.381 e. The monoisotopic (exact) mass is 348 g/mol. The lowest BCUT2D eigenvalue weighted by atomic mass is 9.91. The molecule has 0 unspecified atom stereocenters. The maximum atomic E-state index is 13.0. The van der Waals surface area contributed by atoms with Crippen LogP contribution in [-0.2, 0) is 4.74 Å². The first-order valence-electron chi connectivity index (χ1n) is 8.38. The Bertz CT molecular complexity index is 711. The summed E-state index contributed by atoms with van der Waals surface area (Å²) in [4.78, 5) is 20.8. The van der Waals surface area contributed by atoms with Crippen LogP contribution in [0.25, 0.3) is 0 Å². The maximum Gasteiger partial charge on any atom is 0.270 e. The molecule has 0 spiro atoms. The average molecular weight is 348 g/mol. The van der Waals surface area contributed by atoms with Gasteiger partial charge in [0.25, 0.3) is 5.91 Å². The van der Waals surface area contributed by atoms with E-state index in [4.69, 9.17) is 9.26 Å². The molecule has 1 fully saturated rings. The number of amides is 1. The van der Waals surface area contributed by atoms with Crippen LogP contribution in [0.3, 0.4) is 0 Å². The number of hydrogen-bond donors (Lipinski definition) is 1. The van der Waals surface area contributed by atoms with E-state index < -0.39 is 17.8 Å². The smallest absolute Gasteiger partial charge is 0.270 e. The van der Waals surface area contributed by atoms with E-state index in [1.165, 1.54) is 12.1 Å². The average Bonchev–Trinajstić information content (AvgIpc) is 3.11. The van der Waals surface area contributed by atoms with Crippen molar-refractivity contribution in [1.82, 2.24) is 20.4 Å². The number of ether oxygens (including phenoxy) is 1. The molecule has 25 heavy (non-hydrogen) atoms. The van der Waals surface area contributed by atoms with E-state index in [9.17, 15) is 9.18 Å². The first-order chi connectivity index (χ1) is 12.0. The number of carbonyl (C=O) groups excluding carboxylic acids is 1. The molecule has 1 atom stereocenters. The summed E-state index contributed by atoms with van der Waals surface area (Å²) in [6, 6.07) is 2.12. The zero-order valence-electron chi connectivity index (χ0n) is 14.2. The third-order valence-corrected chi connectivity index (χ3v) is 4.22. The SMILES string of the molecule is CC(C)c1noc([C@@H](NC(=O)c2ccc(F)cn2)C2CCOCC2)n1. The van der Waals surface area contributed by atoms with E-state index in [1.54, 1.807) is 0 Å². The zero-order valence-corrected chi connectivity index (χ0v) is 14.2. The van der Waals surface area contributed by atoms with E-state index in [2.05, 4.69) is 20.4 Å². The summed E-state index contributed by atoms with van der Waals surface area (Å²) in [6.07, 6.45) is 2.57.